The van der Waals surface area contributed by atoms with Gasteiger partial charge in [0.1, 0.15) is 0 Å². The highest BCUT2D eigenvalue weighted by molar-refractivity contribution is 7.13. The Morgan fingerprint density at radius 2 is 2.29 bits per heavy atom. The SMILES string of the molecule is Cc1cc(Nc2nccs2)ccc1N. The summed E-state index contributed by atoms with van der Waals surface area (Å²) in [5.74, 6) is 0. The number of anilines is 3. The van der Waals surface area contributed by atoms with Gasteiger partial charge in [-0.2, -0.15) is 0 Å². The Morgan fingerprint density at radius 3 is 2.93 bits per heavy atom. The van der Waals surface area contributed by atoms with Gasteiger partial charge >= 0.3 is 0 Å². The van der Waals surface area contributed by atoms with E-state index in [-0.39, 0.29) is 0 Å². The lowest BCUT2D eigenvalue weighted by Gasteiger charge is -2.05. The molecule has 0 bridgehead atoms. The van der Waals surface area contributed by atoms with E-state index in [0.717, 1.165) is 22.1 Å². The van der Waals surface area contributed by atoms with Crippen molar-refractivity contribution >= 4 is 27.8 Å². The highest BCUT2D eigenvalue weighted by Crippen LogP contribution is 2.21. The smallest absolute Gasteiger partial charge is 0.187 e. The van der Waals surface area contributed by atoms with Crippen LogP contribution in [0.5, 0.6) is 0 Å². The number of benzene rings is 1. The number of hydrogen-bond donors (Lipinski definition) is 2. The summed E-state index contributed by atoms with van der Waals surface area (Å²) in [6.45, 7) is 1.99. The fourth-order valence-electron chi connectivity index (χ4n) is 1.16. The molecule has 72 valence electrons. The van der Waals surface area contributed by atoms with E-state index in [2.05, 4.69) is 10.3 Å². The molecule has 0 unspecified atom stereocenters. The minimum Gasteiger partial charge on any atom is -0.399 e. The zero-order valence-electron chi connectivity index (χ0n) is 7.82. The van der Waals surface area contributed by atoms with Crippen LogP contribution in [-0.2, 0) is 0 Å². The van der Waals surface area contributed by atoms with Crippen LogP contribution in [0.2, 0.25) is 0 Å². The lowest BCUT2D eigenvalue weighted by molar-refractivity contribution is 1.38. The highest BCUT2D eigenvalue weighted by atomic mass is 32.1. The predicted octanol–water partition coefficient (Wildman–Crippen LogP) is 2.78. The molecule has 0 amide bonds. The van der Waals surface area contributed by atoms with Crippen molar-refractivity contribution in [2.24, 2.45) is 0 Å². The van der Waals surface area contributed by atoms with Crippen molar-refractivity contribution < 1.29 is 0 Å². The second kappa shape index (κ2) is 3.67. The molecule has 1 aromatic carbocycles. The third kappa shape index (κ3) is 1.85. The number of rotatable bonds is 2. The molecular weight excluding hydrogens is 194 g/mol. The molecule has 0 saturated carbocycles. The molecule has 1 heterocycles. The summed E-state index contributed by atoms with van der Waals surface area (Å²) in [4.78, 5) is 4.14. The van der Waals surface area contributed by atoms with Crippen molar-refractivity contribution in [1.82, 2.24) is 4.98 Å². The number of nitrogens with two attached hydrogens (primary N) is 1. The third-order valence-electron chi connectivity index (χ3n) is 1.95. The largest absolute Gasteiger partial charge is 0.399 e. The molecule has 4 heteroatoms. The Labute approximate surface area is 86.6 Å². The number of aromatic nitrogens is 1. The summed E-state index contributed by atoms with van der Waals surface area (Å²) in [6, 6.07) is 5.85. The molecule has 0 fully saturated rings. The van der Waals surface area contributed by atoms with E-state index in [1.165, 1.54) is 0 Å². The first-order valence-electron chi connectivity index (χ1n) is 4.28. The monoisotopic (exact) mass is 205 g/mol. The van der Waals surface area contributed by atoms with E-state index in [4.69, 9.17) is 5.73 Å². The number of aryl methyl sites for hydroxylation is 1. The van der Waals surface area contributed by atoms with E-state index in [9.17, 15) is 0 Å². The van der Waals surface area contributed by atoms with Crippen LogP contribution in [0.25, 0.3) is 0 Å². The number of nitrogens with one attached hydrogen (secondary N) is 1. The Bertz CT molecular complexity index is 423. The first kappa shape index (κ1) is 9.02. The Kier molecular flexibility index (Phi) is 2.37. The molecule has 2 rings (SSSR count). The number of thiazole rings is 1. The lowest BCUT2D eigenvalue weighted by Crippen LogP contribution is -1.93. The van der Waals surface area contributed by atoms with E-state index in [1.54, 1.807) is 17.5 Å². The average molecular weight is 205 g/mol. The molecule has 1 aromatic heterocycles. The first-order chi connectivity index (χ1) is 6.75. The fraction of sp³-hybridized carbons (Fsp3) is 0.100. The highest BCUT2D eigenvalue weighted by Gasteiger charge is 1.98. The zero-order chi connectivity index (χ0) is 9.97. The van der Waals surface area contributed by atoms with Crippen molar-refractivity contribution in [3.8, 4) is 0 Å². The Balaban J connectivity index is 2.22. The molecule has 14 heavy (non-hydrogen) atoms. The number of nitrogen functional groups attached to an aromatic ring is 1. The van der Waals surface area contributed by atoms with E-state index < -0.39 is 0 Å². The van der Waals surface area contributed by atoms with Gasteiger partial charge in [0.2, 0.25) is 0 Å². The summed E-state index contributed by atoms with van der Waals surface area (Å²) in [5.41, 5.74) is 8.63. The Hall–Kier alpha value is -1.55. The molecule has 0 aliphatic carbocycles. The topological polar surface area (TPSA) is 50.9 Å². The van der Waals surface area contributed by atoms with E-state index >= 15 is 0 Å². The van der Waals surface area contributed by atoms with Gasteiger partial charge in [-0.15, -0.1) is 11.3 Å². The summed E-state index contributed by atoms with van der Waals surface area (Å²) in [7, 11) is 0. The van der Waals surface area contributed by atoms with Gasteiger partial charge in [-0.3, -0.25) is 0 Å². The van der Waals surface area contributed by atoms with Crippen LogP contribution in [-0.4, -0.2) is 4.98 Å². The lowest BCUT2D eigenvalue weighted by atomic mass is 10.2. The third-order valence-corrected chi connectivity index (χ3v) is 2.64. The zero-order valence-corrected chi connectivity index (χ0v) is 8.64. The molecule has 0 spiro atoms. The van der Waals surface area contributed by atoms with Gasteiger partial charge in [0.25, 0.3) is 0 Å². The number of nitrogens with zero attached hydrogens (tertiary/aromatic N) is 1. The van der Waals surface area contributed by atoms with Crippen LogP contribution in [0.4, 0.5) is 16.5 Å². The molecular formula is C10H11N3S. The minimum atomic E-state index is 0.815. The quantitative estimate of drug-likeness (QED) is 0.741. The van der Waals surface area contributed by atoms with Gasteiger partial charge in [0.15, 0.2) is 5.13 Å². The van der Waals surface area contributed by atoms with E-state index in [0.29, 0.717) is 0 Å². The van der Waals surface area contributed by atoms with Gasteiger partial charge in [-0.05, 0) is 30.7 Å². The predicted molar refractivity (Wildman–Crippen MR) is 61.0 cm³/mol. The van der Waals surface area contributed by atoms with Crippen LogP contribution in [0, 0.1) is 6.92 Å². The summed E-state index contributed by atoms with van der Waals surface area (Å²) in [6.07, 6.45) is 1.77. The van der Waals surface area contributed by atoms with Crippen LogP contribution in [0.1, 0.15) is 5.56 Å². The van der Waals surface area contributed by atoms with Gasteiger partial charge in [0.05, 0.1) is 0 Å². The second-order valence-electron chi connectivity index (χ2n) is 3.03. The van der Waals surface area contributed by atoms with Gasteiger partial charge in [-0.1, -0.05) is 0 Å². The minimum absolute atomic E-state index is 0.815. The molecule has 0 saturated heterocycles. The standard InChI is InChI=1S/C10H11N3S/c1-7-6-8(2-3-9(7)11)13-10-12-4-5-14-10/h2-6H,11H2,1H3,(H,12,13). The molecule has 0 radical (unpaired) electrons. The van der Waals surface area contributed by atoms with Crippen molar-refractivity contribution in [2.75, 3.05) is 11.1 Å². The maximum Gasteiger partial charge on any atom is 0.187 e. The van der Waals surface area contributed by atoms with Crippen LogP contribution in [0.15, 0.2) is 29.8 Å². The molecule has 3 nitrogen and oxygen atoms in total. The summed E-state index contributed by atoms with van der Waals surface area (Å²) in [5, 5.41) is 6.04. The van der Waals surface area contributed by atoms with Crippen molar-refractivity contribution in [1.29, 1.82) is 0 Å². The van der Waals surface area contributed by atoms with Crippen molar-refractivity contribution in [3.63, 3.8) is 0 Å². The molecule has 0 aliphatic rings. The van der Waals surface area contributed by atoms with E-state index in [1.807, 2.05) is 30.5 Å². The molecule has 2 aromatic rings. The molecule has 0 atom stereocenters. The fourth-order valence-corrected chi connectivity index (χ4v) is 1.71. The summed E-state index contributed by atoms with van der Waals surface area (Å²) < 4.78 is 0. The van der Waals surface area contributed by atoms with Gasteiger partial charge in [0, 0.05) is 23.0 Å². The Morgan fingerprint density at radius 1 is 1.43 bits per heavy atom. The summed E-state index contributed by atoms with van der Waals surface area (Å²) >= 11 is 1.57. The first-order valence-corrected chi connectivity index (χ1v) is 5.16. The average Bonchev–Trinajstić information content (AvgIpc) is 2.64. The van der Waals surface area contributed by atoms with Crippen LogP contribution >= 0.6 is 11.3 Å². The molecule has 3 N–H and O–H groups in total. The second-order valence-corrected chi connectivity index (χ2v) is 3.93. The maximum atomic E-state index is 5.72. The van der Waals surface area contributed by atoms with Crippen molar-refractivity contribution in [2.45, 2.75) is 6.92 Å². The van der Waals surface area contributed by atoms with Crippen LogP contribution in [0.3, 0.4) is 0 Å². The van der Waals surface area contributed by atoms with Crippen LogP contribution < -0.4 is 11.1 Å². The normalized spacial score (nSPS) is 10.1. The van der Waals surface area contributed by atoms with Gasteiger partial charge < -0.3 is 11.1 Å². The van der Waals surface area contributed by atoms with Crippen molar-refractivity contribution in [3.05, 3.63) is 35.3 Å². The van der Waals surface area contributed by atoms with Gasteiger partial charge in [-0.25, -0.2) is 4.98 Å². The maximum absolute atomic E-state index is 5.72. The molecule has 0 aliphatic heterocycles. The number of hydrogen-bond acceptors (Lipinski definition) is 4.